The van der Waals surface area contributed by atoms with E-state index in [1.54, 1.807) is 0 Å². The van der Waals surface area contributed by atoms with Crippen molar-refractivity contribution in [1.82, 2.24) is 9.88 Å². The molecule has 1 saturated heterocycles. The van der Waals surface area contributed by atoms with E-state index in [0.29, 0.717) is 37.8 Å². The molecule has 0 unspecified atom stereocenters. The number of nitrogens with zero attached hydrogens (tertiary/aromatic N) is 3. The van der Waals surface area contributed by atoms with Gasteiger partial charge >= 0.3 is 0 Å². The molecule has 0 bridgehead atoms. The molecule has 1 fully saturated rings. The van der Waals surface area contributed by atoms with Crippen LogP contribution in [0.3, 0.4) is 0 Å². The zero-order valence-electron chi connectivity index (χ0n) is 17.2. The van der Waals surface area contributed by atoms with Gasteiger partial charge in [-0.3, -0.25) is 9.69 Å². The topological polar surface area (TPSA) is 71.7 Å². The second-order valence-corrected chi connectivity index (χ2v) is 8.07. The Kier molecular flexibility index (Phi) is 6.00. The molecule has 0 atom stereocenters. The maximum atomic E-state index is 12.4. The molecule has 4 rings (SSSR count). The molecular weight excluding hydrogens is 364 g/mol. The van der Waals surface area contributed by atoms with Gasteiger partial charge in [-0.05, 0) is 43.5 Å². The molecule has 0 amide bonds. The second-order valence-electron chi connectivity index (χ2n) is 8.07. The number of aromatic nitrogens is 1. The van der Waals surface area contributed by atoms with E-state index in [9.17, 15) is 4.79 Å². The minimum absolute atomic E-state index is 0.168. The lowest BCUT2D eigenvalue weighted by Crippen LogP contribution is -2.36. The molecule has 2 aromatic rings. The van der Waals surface area contributed by atoms with Crippen LogP contribution < -0.4 is 15.4 Å². The van der Waals surface area contributed by atoms with Gasteiger partial charge in [-0.25, -0.2) is 0 Å². The van der Waals surface area contributed by atoms with Crippen molar-refractivity contribution in [3.63, 3.8) is 0 Å². The zero-order chi connectivity index (χ0) is 20.2. The molecule has 6 nitrogen and oxygen atoms in total. The Morgan fingerprint density at radius 2 is 1.90 bits per heavy atom. The van der Waals surface area contributed by atoms with Crippen LogP contribution in [0.25, 0.3) is 0 Å². The van der Waals surface area contributed by atoms with Crippen molar-refractivity contribution in [2.45, 2.75) is 45.7 Å². The highest BCUT2D eigenvalue weighted by Gasteiger charge is 2.26. The highest BCUT2D eigenvalue weighted by Crippen LogP contribution is 2.33. The summed E-state index contributed by atoms with van der Waals surface area (Å²) in [6.07, 6.45) is 3.84. The van der Waals surface area contributed by atoms with Crippen molar-refractivity contribution in [2.75, 3.05) is 36.9 Å². The standard InChI is InChI=1S/C23H30N4O2/c1-2-10-29-22-13-21-20(23(24)25-22)12-19(28)16-27(21)15-18-7-5-6-17(11-18)14-26-8-3-4-9-26/h5-7,11,13H,2-4,8-10,12,14-16H2,1H3,(H2,24,25). The molecule has 1 aromatic carbocycles. The van der Waals surface area contributed by atoms with Gasteiger partial charge in [0.2, 0.25) is 5.88 Å². The number of Topliss-reactive ketones (excluding diaryl/α,β-unsaturated/α-hetero) is 1. The number of ether oxygens (including phenoxy) is 1. The lowest BCUT2D eigenvalue weighted by Gasteiger charge is -2.31. The van der Waals surface area contributed by atoms with Gasteiger partial charge in [-0.15, -0.1) is 0 Å². The number of hydrogen-bond donors (Lipinski definition) is 1. The molecule has 2 aliphatic heterocycles. The van der Waals surface area contributed by atoms with E-state index in [4.69, 9.17) is 10.5 Å². The van der Waals surface area contributed by atoms with Crippen molar-refractivity contribution in [1.29, 1.82) is 0 Å². The molecule has 0 radical (unpaired) electrons. The quantitative estimate of drug-likeness (QED) is 0.778. The normalized spacial score (nSPS) is 16.9. The van der Waals surface area contributed by atoms with Crippen LogP contribution in [0.15, 0.2) is 30.3 Å². The number of rotatable bonds is 7. The number of carbonyl (C=O) groups is 1. The maximum Gasteiger partial charge on any atom is 0.217 e. The number of hydrogen-bond acceptors (Lipinski definition) is 6. The fourth-order valence-electron chi connectivity index (χ4n) is 4.24. The lowest BCUT2D eigenvalue weighted by atomic mass is 10.0. The van der Waals surface area contributed by atoms with Crippen molar-refractivity contribution >= 4 is 17.3 Å². The molecule has 0 aliphatic carbocycles. The highest BCUT2D eigenvalue weighted by atomic mass is 16.5. The summed E-state index contributed by atoms with van der Waals surface area (Å²) in [4.78, 5) is 21.3. The van der Waals surface area contributed by atoms with Gasteiger partial charge in [0, 0.05) is 31.1 Å². The van der Waals surface area contributed by atoms with Gasteiger partial charge in [-0.2, -0.15) is 4.98 Å². The van der Waals surface area contributed by atoms with Gasteiger partial charge in [0.15, 0.2) is 5.78 Å². The van der Waals surface area contributed by atoms with Crippen LogP contribution in [0, 0.1) is 0 Å². The Morgan fingerprint density at radius 3 is 2.66 bits per heavy atom. The number of anilines is 2. The number of pyridine rings is 1. The molecule has 29 heavy (non-hydrogen) atoms. The summed E-state index contributed by atoms with van der Waals surface area (Å²) >= 11 is 0. The Hall–Kier alpha value is -2.60. The number of fused-ring (bicyclic) bond motifs is 1. The Labute approximate surface area is 172 Å². The number of benzene rings is 1. The van der Waals surface area contributed by atoms with Gasteiger partial charge in [0.05, 0.1) is 18.8 Å². The highest BCUT2D eigenvalue weighted by molar-refractivity contribution is 5.92. The summed E-state index contributed by atoms with van der Waals surface area (Å²) in [6, 6.07) is 10.6. The van der Waals surface area contributed by atoms with E-state index >= 15 is 0 Å². The third kappa shape index (κ3) is 4.70. The van der Waals surface area contributed by atoms with Crippen LogP contribution in [0.1, 0.15) is 42.9 Å². The number of nitrogens with two attached hydrogens (primary N) is 1. The SMILES string of the molecule is CCCOc1cc2c(c(N)n1)CC(=O)CN2Cc1cccc(CN2CCCC2)c1. The first-order valence-electron chi connectivity index (χ1n) is 10.6. The third-order valence-electron chi connectivity index (χ3n) is 5.61. The van der Waals surface area contributed by atoms with Crippen LogP contribution in [0.5, 0.6) is 5.88 Å². The Balaban J connectivity index is 1.56. The van der Waals surface area contributed by atoms with Crippen LogP contribution >= 0.6 is 0 Å². The zero-order valence-corrected chi connectivity index (χ0v) is 17.2. The van der Waals surface area contributed by atoms with E-state index in [1.165, 1.54) is 37.1 Å². The largest absolute Gasteiger partial charge is 0.478 e. The molecule has 0 saturated carbocycles. The molecular formula is C23H30N4O2. The summed E-state index contributed by atoms with van der Waals surface area (Å²) in [5.74, 6) is 1.10. The first-order valence-corrected chi connectivity index (χ1v) is 10.6. The maximum absolute atomic E-state index is 12.4. The van der Waals surface area contributed by atoms with Crippen LogP contribution in [-0.2, 0) is 24.3 Å². The van der Waals surface area contributed by atoms with E-state index in [-0.39, 0.29) is 5.78 Å². The van der Waals surface area contributed by atoms with Crippen LogP contribution in [0.2, 0.25) is 0 Å². The van der Waals surface area contributed by atoms with Crippen LogP contribution in [0.4, 0.5) is 11.5 Å². The Bertz CT molecular complexity index is 877. The van der Waals surface area contributed by atoms with Gasteiger partial charge in [0.1, 0.15) is 5.82 Å². The summed E-state index contributed by atoms with van der Waals surface area (Å²) in [6.45, 7) is 7.08. The average Bonchev–Trinajstić information content (AvgIpc) is 3.20. The lowest BCUT2D eigenvalue weighted by molar-refractivity contribution is -0.117. The van der Waals surface area contributed by atoms with Crippen molar-refractivity contribution in [3.8, 4) is 5.88 Å². The number of carbonyl (C=O) groups excluding carboxylic acids is 1. The summed E-state index contributed by atoms with van der Waals surface area (Å²) in [7, 11) is 0. The molecule has 2 aliphatic rings. The molecule has 3 heterocycles. The van der Waals surface area contributed by atoms with E-state index in [1.807, 2.05) is 6.07 Å². The summed E-state index contributed by atoms with van der Waals surface area (Å²) in [5, 5.41) is 0. The van der Waals surface area contributed by atoms with Crippen molar-refractivity contribution < 1.29 is 9.53 Å². The molecule has 154 valence electrons. The number of nitrogen functional groups attached to an aromatic ring is 1. The minimum Gasteiger partial charge on any atom is -0.478 e. The third-order valence-corrected chi connectivity index (χ3v) is 5.61. The monoisotopic (exact) mass is 394 g/mol. The van der Waals surface area contributed by atoms with Gasteiger partial charge in [-0.1, -0.05) is 31.2 Å². The summed E-state index contributed by atoms with van der Waals surface area (Å²) < 4.78 is 5.71. The second kappa shape index (κ2) is 8.82. The van der Waals surface area contributed by atoms with Crippen molar-refractivity contribution in [2.24, 2.45) is 0 Å². The van der Waals surface area contributed by atoms with E-state index < -0.39 is 0 Å². The number of ketones is 1. The number of likely N-dealkylation sites (tertiary alicyclic amines) is 1. The van der Waals surface area contributed by atoms with Gasteiger partial charge in [0.25, 0.3) is 0 Å². The smallest absolute Gasteiger partial charge is 0.217 e. The average molecular weight is 395 g/mol. The Morgan fingerprint density at radius 1 is 1.14 bits per heavy atom. The minimum atomic E-state index is 0.168. The molecule has 6 heteroatoms. The first kappa shape index (κ1) is 19.7. The predicted molar refractivity (Wildman–Crippen MR) is 115 cm³/mol. The van der Waals surface area contributed by atoms with Gasteiger partial charge < -0.3 is 15.4 Å². The summed E-state index contributed by atoms with van der Waals surface area (Å²) in [5.41, 5.74) is 10.5. The molecule has 0 spiro atoms. The predicted octanol–water partition coefficient (Wildman–Crippen LogP) is 3.18. The molecule has 1 aromatic heterocycles. The fourth-order valence-corrected chi connectivity index (χ4v) is 4.24. The van der Waals surface area contributed by atoms with Crippen LogP contribution in [-0.4, -0.2) is 41.9 Å². The molecule has 2 N–H and O–H groups in total. The van der Waals surface area contributed by atoms with E-state index in [0.717, 1.165) is 24.2 Å². The van der Waals surface area contributed by atoms with E-state index in [2.05, 4.69) is 46.0 Å². The fraction of sp³-hybridized carbons (Fsp3) is 0.478. The van der Waals surface area contributed by atoms with Crippen molar-refractivity contribution in [3.05, 3.63) is 47.0 Å². The first-order chi connectivity index (χ1) is 14.1.